The zero-order chi connectivity index (χ0) is 25.5. The fourth-order valence-corrected chi connectivity index (χ4v) is 4.98. The Morgan fingerprint density at radius 3 is 1.66 bits per heavy atom. The first kappa shape index (κ1) is 22.4. The molecule has 0 radical (unpaired) electrons. The minimum atomic E-state index is 0.578. The van der Waals surface area contributed by atoms with Crippen molar-refractivity contribution in [3.63, 3.8) is 0 Å². The number of fused-ring (bicyclic) bond motifs is 3. The highest BCUT2D eigenvalue weighted by atomic mass is 35.5. The fraction of sp³-hybridized carbons (Fsp3) is 0. The largest absolute Gasteiger partial charge is 0.456 e. The van der Waals surface area contributed by atoms with Crippen molar-refractivity contribution in [2.75, 3.05) is 0 Å². The maximum absolute atomic E-state index is 6.47. The molecule has 0 atom stereocenters. The van der Waals surface area contributed by atoms with Gasteiger partial charge in [0.2, 0.25) is 0 Å². The minimum Gasteiger partial charge on any atom is -0.456 e. The standard InChI is InChI=1S/C33H20ClN3O/c34-27-12-7-13-28-30(27)26-19-18-25(20-29(26)38-28)33-36-31(23-10-5-2-6-11-23)35-32(37-33)24-16-14-22(15-17-24)21-8-3-1-4-9-21/h1-20H. The van der Waals surface area contributed by atoms with Gasteiger partial charge in [-0.05, 0) is 35.4 Å². The smallest absolute Gasteiger partial charge is 0.164 e. The van der Waals surface area contributed by atoms with E-state index in [9.17, 15) is 0 Å². The lowest BCUT2D eigenvalue weighted by Crippen LogP contribution is -2.00. The quantitative estimate of drug-likeness (QED) is 0.237. The molecule has 0 saturated carbocycles. The van der Waals surface area contributed by atoms with Crippen LogP contribution in [-0.2, 0) is 0 Å². The van der Waals surface area contributed by atoms with Crippen molar-refractivity contribution >= 4 is 33.5 Å². The van der Waals surface area contributed by atoms with Crippen LogP contribution in [0.1, 0.15) is 0 Å². The highest BCUT2D eigenvalue weighted by molar-refractivity contribution is 6.37. The van der Waals surface area contributed by atoms with Gasteiger partial charge in [-0.1, -0.05) is 109 Å². The van der Waals surface area contributed by atoms with Crippen LogP contribution in [0.25, 0.3) is 67.2 Å². The van der Waals surface area contributed by atoms with Gasteiger partial charge in [0.1, 0.15) is 11.2 Å². The second-order valence-corrected chi connectivity index (χ2v) is 9.45. The van der Waals surface area contributed by atoms with E-state index in [1.807, 2.05) is 84.9 Å². The molecule has 5 aromatic carbocycles. The van der Waals surface area contributed by atoms with E-state index in [1.54, 1.807) is 0 Å². The Morgan fingerprint density at radius 2 is 0.974 bits per heavy atom. The normalized spacial score (nSPS) is 11.3. The summed E-state index contributed by atoms with van der Waals surface area (Å²) in [5, 5.41) is 2.54. The van der Waals surface area contributed by atoms with Crippen molar-refractivity contribution in [2.24, 2.45) is 0 Å². The first-order valence-electron chi connectivity index (χ1n) is 12.3. The van der Waals surface area contributed by atoms with Crippen LogP contribution in [0.2, 0.25) is 5.02 Å². The molecular formula is C33H20ClN3O. The monoisotopic (exact) mass is 509 g/mol. The minimum absolute atomic E-state index is 0.578. The van der Waals surface area contributed by atoms with Crippen molar-refractivity contribution < 1.29 is 4.42 Å². The van der Waals surface area contributed by atoms with Crippen molar-refractivity contribution in [1.82, 2.24) is 15.0 Å². The van der Waals surface area contributed by atoms with Crippen molar-refractivity contribution in [1.29, 1.82) is 0 Å². The second-order valence-electron chi connectivity index (χ2n) is 9.04. The Hall–Kier alpha value is -4.80. The molecule has 0 amide bonds. The van der Waals surface area contributed by atoms with Crippen LogP contribution in [-0.4, -0.2) is 15.0 Å². The van der Waals surface area contributed by atoms with E-state index in [1.165, 1.54) is 5.56 Å². The summed E-state index contributed by atoms with van der Waals surface area (Å²) in [4.78, 5) is 14.6. The molecule has 38 heavy (non-hydrogen) atoms. The van der Waals surface area contributed by atoms with Gasteiger partial charge >= 0.3 is 0 Å². The third-order valence-corrected chi connectivity index (χ3v) is 6.94. The van der Waals surface area contributed by atoms with E-state index < -0.39 is 0 Å². The van der Waals surface area contributed by atoms with Crippen LogP contribution >= 0.6 is 11.6 Å². The van der Waals surface area contributed by atoms with E-state index in [0.717, 1.165) is 44.2 Å². The number of aromatic nitrogens is 3. The topological polar surface area (TPSA) is 51.8 Å². The summed E-state index contributed by atoms with van der Waals surface area (Å²) in [6.45, 7) is 0. The Morgan fingerprint density at radius 1 is 0.447 bits per heavy atom. The lowest BCUT2D eigenvalue weighted by atomic mass is 10.0. The molecular weight excluding hydrogens is 490 g/mol. The van der Waals surface area contributed by atoms with Crippen LogP contribution in [0.5, 0.6) is 0 Å². The molecule has 5 heteroatoms. The third-order valence-electron chi connectivity index (χ3n) is 6.62. The third kappa shape index (κ3) is 4.01. The number of hydrogen-bond acceptors (Lipinski definition) is 4. The summed E-state index contributed by atoms with van der Waals surface area (Å²) >= 11 is 6.47. The second kappa shape index (κ2) is 9.25. The van der Waals surface area contributed by atoms with Gasteiger partial charge in [0, 0.05) is 27.5 Å². The fourth-order valence-electron chi connectivity index (χ4n) is 4.71. The Balaban J connectivity index is 1.37. The molecule has 7 aromatic rings. The van der Waals surface area contributed by atoms with E-state index in [4.69, 9.17) is 31.0 Å². The van der Waals surface area contributed by atoms with Crippen LogP contribution in [0.3, 0.4) is 0 Å². The van der Waals surface area contributed by atoms with Gasteiger partial charge in [-0.3, -0.25) is 0 Å². The SMILES string of the molecule is Clc1cccc2oc3cc(-c4nc(-c5ccccc5)nc(-c5ccc(-c6ccccc6)cc5)n4)ccc3c12. The Kier molecular flexibility index (Phi) is 5.46. The molecule has 4 nitrogen and oxygen atoms in total. The zero-order valence-electron chi connectivity index (χ0n) is 20.2. The van der Waals surface area contributed by atoms with Crippen molar-refractivity contribution in [3.05, 3.63) is 126 Å². The van der Waals surface area contributed by atoms with Gasteiger partial charge in [0.15, 0.2) is 17.5 Å². The average Bonchev–Trinajstić information content (AvgIpc) is 3.37. The molecule has 2 heterocycles. The molecule has 0 saturated heterocycles. The van der Waals surface area contributed by atoms with Crippen molar-refractivity contribution in [3.8, 4) is 45.3 Å². The molecule has 0 aliphatic rings. The number of hydrogen-bond donors (Lipinski definition) is 0. The Bertz CT molecular complexity index is 1910. The van der Waals surface area contributed by atoms with Gasteiger partial charge in [0.25, 0.3) is 0 Å². The molecule has 0 spiro atoms. The van der Waals surface area contributed by atoms with E-state index in [2.05, 4.69) is 36.4 Å². The van der Waals surface area contributed by atoms with E-state index in [0.29, 0.717) is 22.5 Å². The van der Waals surface area contributed by atoms with Gasteiger partial charge in [-0.15, -0.1) is 0 Å². The maximum atomic E-state index is 6.47. The lowest BCUT2D eigenvalue weighted by molar-refractivity contribution is 0.669. The summed E-state index contributed by atoms with van der Waals surface area (Å²) in [5.41, 5.74) is 6.48. The highest BCUT2D eigenvalue weighted by Crippen LogP contribution is 2.36. The summed E-state index contributed by atoms with van der Waals surface area (Å²) in [5.74, 6) is 1.81. The molecule has 7 rings (SSSR count). The van der Waals surface area contributed by atoms with Crippen LogP contribution in [0.15, 0.2) is 126 Å². The average molecular weight is 510 g/mol. The predicted octanol–water partition coefficient (Wildman–Crippen LogP) is 9.09. The molecule has 0 unspecified atom stereocenters. The molecule has 0 aliphatic carbocycles. The van der Waals surface area contributed by atoms with Gasteiger partial charge in [0.05, 0.1) is 5.02 Å². The number of nitrogens with zero attached hydrogens (tertiary/aromatic N) is 3. The van der Waals surface area contributed by atoms with Crippen LogP contribution in [0.4, 0.5) is 0 Å². The number of rotatable bonds is 4. The number of halogens is 1. The summed E-state index contributed by atoms with van der Waals surface area (Å²) in [6.07, 6.45) is 0. The van der Waals surface area contributed by atoms with Crippen molar-refractivity contribution in [2.45, 2.75) is 0 Å². The van der Waals surface area contributed by atoms with Crippen LogP contribution in [0, 0.1) is 0 Å². The van der Waals surface area contributed by atoms with Gasteiger partial charge in [-0.25, -0.2) is 15.0 Å². The predicted molar refractivity (Wildman–Crippen MR) is 154 cm³/mol. The number of benzene rings is 5. The van der Waals surface area contributed by atoms with Gasteiger partial charge in [-0.2, -0.15) is 0 Å². The first-order chi connectivity index (χ1) is 18.7. The first-order valence-corrected chi connectivity index (χ1v) is 12.7. The lowest BCUT2D eigenvalue weighted by Gasteiger charge is -2.09. The summed E-state index contributed by atoms with van der Waals surface area (Å²) in [7, 11) is 0. The van der Waals surface area contributed by atoms with Gasteiger partial charge < -0.3 is 4.42 Å². The van der Waals surface area contributed by atoms with E-state index >= 15 is 0 Å². The van der Waals surface area contributed by atoms with E-state index in [-0.39, 0.29) is 0 Å². The summed E-state index contributed by atoms with van der Waals surface area (Å²) < 4.78 is 6.12. The number of furan rings is 1. The molecule has 0 bridgehead atoms. The molecule has 180 valence electrons. The molecule has 0 aliphatic heterocycles. The maximum Gasteiger partial charge on any atom is 0.164 e. The zero-order valence-corrected chi connectivity index (χ0v) is 20.9. The molecule has 0 fully saturated rings. The molecule has 2 aromatic heterocycles. The van der Waals surface area contributed by atoms with Crippen LogP contribution < -0.4 is 0 Å². The Labute approximate surface area is 224 Å². The summed E-state index contributed by atoms with van der Waals surface area (Å²) in [6, 6.07) is 40.3. The molecule has 0 N–H and O–H groups in total. The highest BCUT2D eigenvalue weighted by Gasteiger charge is 2.15.